The second-order valence-corrected chi connectivity index (χ2v) is 6.71. The Morgan fingerprint density at radius 3 is 2.38 bits per heavy atom. The highest BCUT2D eigenvalue weighted by molar-refractivity contribution is 7.91. The second-order valence-electron chi connectivity index (χ2n) is 4.60. The Balaban J connectivity index is 2.11. The van der Waals surface area contributed by atoms with Crippen LogP contribution >= 0.6 is 0 Å². The van der Waals surface area contributed by atoms with Crippen LogP contribution < -0.4 is 10.5 Å². The summed E-state index contributed by atoms with van der Waals surface area (Å²) in [6.45, 7) is 0. The topological polar surface area (TPSA) is 69.4 Å². The fourth-order valence-corrected chi connectivity index (χ4v) is 3.16. The van der Waals surface area contributed by atoms with Crippen LogP contribution in [0.15, 0.2) is 47.4 Å². The molecule has 0 aliphatic carbocycles. The van der Waals surface area contributed by atoms with Gasteiger partial charge in [-0.3, -0.25) is 0 Å². The van der Waals surface area contributed by atoms with Crippen molar-refractivity contribution in [3.05, 3.63) is 53.8 Å². The molecule has 0 amide bonds. The molecule has 2 N–H and O–H groups in total. The van der Waals surface area contributed by atoms with Gasteiger partial charge in [0.2, 0.25) is 0 Å². The molecule has 6 heteroatoms. The maximum absolute atomic E-state index is 13.4. The first-order valence-electron chi connectivity index (χ1n) is 6.33. The number of benzene rings is 2. The largest absolute Gasteiger partial charge is 0.497 e. The maximum Gasteiger partial charge on any atom is 0.178 e. The van der Waals surface area contributed by atoms with Gasteiger partial charge in [-0.15, -0.1) is 0 Å². The third-order valence-corrected chi connectivity index (χ3v) is 4.86. The minimum absolute atomic E-state index is 0.0530. The Bertz CT molecular complexity index is 727. The van der Waals surface area contributed by atoms with Crippen LogP contribution in [-0.2, 0) is 16.3 Å². The van der Waals surface area contributed by atoms with Crippen molar-refractivity contribution in [3.63, 3.8) is 0 Å². The second kappa shape index (κ2) is 6.13. The summed E-state index contributed by atoms with van der Waals surface area (Å²) < 4.78 is 42.7. The number of ether oxygens (including phenoxy) is 1. The van der Waals surface area contributed by atoms with Gasteiger partial charge in [0.05, 0.1) is 23.4 Å². The van der Waals surface area contributed by atoms with Crippen molar-refractivity contribution in [1.82, 2.24) is 0 Å². The zero-order valence-electron chi connectivity index (χ0n) is 11.5. The number of halogens is 1. The number of nitrogens with two attached hydrogens (primary N) is 1. The number of sulfone groups is 1. The Labute approximate surface area is 123 Å². The quantitative estimate of drug-likeness (QED) is 0.861. The number of anilines is 1. The van der Waals surface area contributed by atoms with Gasteiger partial charge >= 0.3 is 0 Å². The van der Waals surface area contributed by atoms with E-state index < -0.39 is 15.7 Å². The van der Waals surface area contributed by atoms with Crippen molar-refractivity contribution in [2.45, 2.75) is 11.3 Å². The van der Waals surface area contributed by atoms with Crippen molar-refractivity contribution in [3.8, 4) is 5.75 Å². The van der Waals surface area contributed by atoms with E-state index >= 15 is 0 Å². The van der Waals surface area contributed by atoms with Crippen molar-refractivity contribution in [1.29, 1.82) is 0 Å². The molecule has 0 aromatic heterocycles. The molecule has 0 spiro atoms. The molecule has 0 radical (unpaired) electrons. The van der Waals surface area contributed by atoms with Crippen LogP contribution in [0.3, 0.4) is 0 Å². The van der Waals surface area contributed by atoms with E-state index in [0.29, 0.717) is 12.2 Å². The lowest BCUT2D eigenvalue weighted by atomic mass is 10.2. The maximum atomic E-state index is 13.4. The molecular formula is C15H16FNO3S. The van der Waals surface area contributed by atoms with Crippen molar-refractivity contribution < 1.29 is 17.5 Å². The van der Waals surface area contributed by atoms with Crippen LogP contribution in [0.1, 0.15) is 5.56 Å². The Kier molecular flexibility index (Phi) is 4.47. The third-order valence-electron chi connectivity index (χ3n) is 3.15. The molecule has 0 unspecified atom stereocenters. The van der Waals surface area contributed by atoms with Gasteiger partial charge in [-0.1, -0.05) is 12.1 Å². The molecule has 0 heterocycles. The molecule has 0 aliphatic heterocycles. The van der Waals surface area contributed by atoms with Crippen molar-refractivity contribution in [2.24, 2.45) is 0 Å². The smallest absolute Gasteiger partial charge is 0.178 e. The standard InChI is InChI=1S/C15H16FNO3S/c1-20-12-4-2-11(3-5-12)8-9-21(18,19)13-6-7-15(17)14(16)10-13/h2-7,10H,8-9,17H2,1H3. The van der Waals surface area contributed by atoms with Crippen LogP contribution in [0.5, 0.6) is 5.75 Å². The fraction of sp³-hybridized carbons (Fsp3) is 0.200. The van der Waals surface area contributed by atoms with Crippen molar-refractivity contribution in [2.75, 3.05) is 18.6 Å². The first kappa shape index (κ1) is 15.3. The highest BCUT2D eigenvalue weighted by atomic mass is 32.2. The number of nitrogen functional groups attached to an aromatic ring is 1. The van der Waals surface area contributed by atoms with Crippen LogP contribution in [0, 0.1) is 5.82 Å². The van der Waals surface area contributed by atoms with E-state index in [1.165, 1.54) is 12.1 Å². The Morgan fingerprint density at radius 1 is 1.14 bits per heavy atom. The van der Waals surface area contributed by atoms with E-state index in [0.717, 1.165) is 11.6 Å². The predicted molar refractivity (Wildman–Crippen MR) is 79.6 cm³/mol. The summed E-state index contributed by atoms with van der Waals surface area (Å²) in [5.41, 5.74) is 6.15. The molecule has 0 bridgehead atoms. The first-order chi connectivity index (χ1) is 9.92. The predicted octanol–water partition coefficient (Wildman–Crippen LogP) is 2.43. The van der Waals surface area contributed by atoms with Crippen molar-refractivity contribution >= 4 is 15.5 Å². The van der Waals surface area contributed by atoms with E-state index in [4.69, 9.17) is 10.5 Å². The molecule has 4 nitrogen and oxygen atoms in total. The Hall–Kier alpha value is -2.08. The average Bonchev–Trinajstić information content (AvgIpc) is 2.48. The lowest BCUT2D eigenvalue weighted by Crippen LogP contribution is -2.10. The molecule has 112 valence electrons. The number of rotatable bonds is 5. The van der Waals surface area contributed by atoms with E-state index in [2.05, 4.69) is 0 Å². The number of hydrogen-bond acceptors (Lipinski definition) is 4. The van der Waals surface area contributed by atoms with E-state index in [-0.39, 0.29) is 16.3 Å². The highest BCUT2D eigenvalue weighted by Crippen LogP contribution is 2.19. The summed E-state index contributed by atoms with van der Waals surface area (Å²) in [5, 5.41) is 0. The summed E-state index contributed by atoms with van der Waals surface area (Å²) in [6.07, 6.45) is 0.346. The monoisotopic (exact) mass is 309 g/mol. The van der Waals surface area contributed by atoms with Crippen LogP contribution in [-0.4, -0.2) is 21.3 Å². The highest BCUT2D eigenvalue weighted by Gasteiger charge is 2.16. The van der Waals surface area contributed by atoms with Crippen LogP contribution in [0.4, 0.5) is 10.1 Å². The molecule has 0 aliphatic rings. The van der Waals surface area contributed by atoms with Gasteiger partial charge in [0, 0.05) is 0 Å². The lowest BCUT2D eigenvalue weighted by Gasteiger charge is -2.06. The van der Waals surface area contributed by atoms with E-state index in [1.54, 1.807) is 31.4 Å². The summed E-state index contributed by atoms with van der Waals surface area (Å²) in [7, 11) is -1.98. The minimum Gasteiger partial charge on any atom is -0.497 e. The molecule has 0 fully saturated rings. The first-order valence-corrected chi connectivity index (χ1v) is 7.98. The SMILES string of the molecule is COc1ccc(CCS(=O)(=O)c2ccc(N)c(F)c2)cc1. The summed E-state index contributed by atoms with van der Waals surface area (Å²) in [5.74, 6) is -0.106. The van der Waals surface area contributed by atoms with Crippen LogP contribution in [0.2, 0.25) is 0 Å². The van der Waals surface area contributed by atoms with Crippen LogP contribution in [0.25, 0.3) is 0 Å². The Morgan fingerprint density at radius 2 is 1.81 bits per heavy atom. The molecule has 21 heavy (non-hydrogen) atoms. The number of methoxy groups -OCH3 is 1. The average molecular weight is 309 g/mol. The normalized spacial score (nSPS) is 11.3. The van der Waals surface area contributed by atoms with E-state index in [9.17, 15) is 12.8 Å². The molecule has 2 aromatic rings. The van der Waals surface area contributed by atoms with Gasteiger partial charge < -0.3 is 10.5 Å². The van der Waals surface area contributed by atoms with Gasteiger partial charge in [0.15, 0.2) is 9.84 Å². The van der Waals surface area contributed by atoms with Gasteiger partial charge in [-0.25, -0.2) is 12.8 Å². The molecule has 2 aromatic carbocycles. The zero-order chi connectivity index (χ0) is 15.5. The van der Waals surface area contributed by atoms with Gasteiger partial charge in [0.1, 0.15) is 11.6 Å². The van der Waals surface area contributed by atoms with Gasteiger partial charge in [-0.05, 0) is 42.3 Å². The minimum atomic E-state index is -3.54. The van der Waals surface area contributed by atoms with E-state index in [1.807, 2.05) is 0 Å². The third kappa shape index (κ3) is 3.72. The summed E-state index contributed by atoms with van der Waals surface area (Å²) in [4.78, 5) is -0.0530. The van der Waals surface area contributed by atoms with Gasteiger partial charge in [-0.2, -0.15) is 0 Å². The summed E-state index contributed by atoms with van der Waals surface area (Å²) >= 11 is 0. The fourth-order valence-electron chi connectivity index (χ4n) is 1.86. The molecule has 0 saturated heterocycles. The molecule has 0 saturated carbocycles. The van der Waals surface area contributed by atoms with Gasteiger partial charge in [0.25, 0.3) is 0 Å². The number of hydrogen-bond donors (Lipinski definition) is 1. The zero-order valence-corrected chi connectivity index (χ0v) is 12.4. The number of aryl methyl sites for hydroxylation is 1. The lowest BCUT2D eigenvalue weighted by molar-refractivity contribution is 0.414. The summed E-state index contributed by atoms with van der Waals surface area (Å²) in [6, 6.07) is 10.7. The molecule has 2 rings (SSSR count). The molecular weight excluding hydrogens is 293 g/mol. The molecule has 0 atom stereocenters.